The first-order valence-electron chi connectivity index (χ1n) is 6.79. The SMILES string of the molecule is CCNC(c1cc(Br)ccc1Cl)c1cccc(C)c1C. The van der Waals surface area contributed by atoms with E-state index in [0.717, 1.165) is 21.6 Å². The third-order valence-electron chi connectivity index (χ3n) is 3.63. The number of nitrogens with one attached hydrogen (secondary N) is 1. The summed E-state index contributed by atoms with van der Waals surface area (Å²) in [6.45, 7) is 7.32. The second-order valence-electron chi connectivity index (χ2n) is 4.95. The minimum atomic E-state index is 0.116. The van der Waals surface area contributed by atoms with Gasteiger partial charge in [-0.3, -0.25) is 0 Å². The Morgan fingerprint density at radius 3 is 2.60 bits per heavy atom. The molecule has 0 aromatic heterocycles. The van der Waals surface area contributed by atoms with Gasteiger partial charge in [-0.15, -0.1) is 0 Å². The minimum Gasteiger partial charge on any atom is -0.306 e. The van der Waals surface area contributed by atoms with Gasteiger partial charge in [0.1, 0.15) is 0 Å². The van der Waals surface area contributed by atoms with Crippen LogP contribution in [0.25, 0.3) is 0 Å². The Hall–Kier alpha value is -0.830. The van der Waals surface area contributed by atoms with Gasteiger partial charge in [0.05, 0.1) is 6.04 Å². The van der Waals surface area contributed by atoms with Crippen molar-refractivity contribution in [2.24, 2.45) is 0 Å². The molecule has 0 radical (unpaired) electrons. The van der Waals surface area contributed by atoms with Gasteiger partial charge in [0.15, 0.2) is 0 Å². The zero-order chi connectivity index (χ0) is 14.7. The van der Waals surface area contributed by atoms with Crippen molar-refractivity contribution in [2.75, 3.05) is 6.54 Å². The van der Waals surface area contributed by atoms with E-state index in [-0.39, 0.29) is 6.04 Å². The summed E-state index contributed by atoms with van der Waals surface area (Å²) >= 11 is 9.94. The van der Waals surface area contributed by atoms with Crippen molar-refractivity contribution in [3.8, 4) is 0 Å². The lowest BCUT2D eigenvalue weighted by atomic mass is 9.92. The summed E-state index contributed by atoms with van der Waals surface area (Å²) in [5.74, 6) is 0. The Morgan fingerprint density at radius 2 is 1.90 bits per heavy atom. The predicted octanol–water partition coefficient (Wildman–Crippen LogP) is 5.42. The molecule has 0 spiro atoms. The molecule has 0 saturated heterocycles. The van der Waals surface area contributed by atoms with E-state index in [1.54, 1.807) is 0 Å². The van der Waals surface area contributed by atoms with E-state index in [9.17, 15) is 0 Å². The van der Waals surface area contributed by atoms with E-state index in [2.05, 4.69) is 66.3 Å². The fraction of sp³-hybridized carbons (Fsp3) is 0.294. The van der Waals surface area contributed by atoms with Crippen LogP contribution in [0.5, 0.6) is 0 Å². The van der Waals surface area contributed by atoms with E-state index in [4.69, 9.17) is 11.6 Å². The monoisotopic (exact) mass is 351 g/mol. The maximum Gasteiger partial charge on any atom is 0.0594 e. The first-order chi connectivity index (χ1) is 9.54. The molecule has 0 heterocycles. The average molecular weight is 353 g/mol. The third kappa shape index (κ3) is 3.25. The maximum atomic E-state index is 6.41. The van der Waals surface area contributed by atoms with Crippen LogP contribution in [-0.2, 0) is 0 Å². The van der Waals surface area contributed by atoms with Crippen LogP contribution in [0.2, 0.25) is 5.02 Å². The molecule has 1 atom stereocenters. The van der Waals surface area contributed by atoms with Crippen molar-refractivity contribution in [1.29, 1.82) is 0 Å². The molecule has 0 amide bonds. The van der Waals surface area contributed by atoms with Crippen molar-refractivity contribution in [1.82, 2.24) is 5.32 Å². The van der Waals surface area contributed by atoms with Gasteiger partial charge >= 0.3 is 0 Å². The topological polar surface area (TPSA) is 12.0 Å². The fourth-order valence-corrected chi connectivity index (χ4v) is 3.02. The zero-order valence-corrected chi connectivity index (χ0v) is 14.3. The molecule has 1 unspecified atom stereocenters. The average Bonchev–Trinajstić information content (AvgIpc) is 2.43. The Labute approximate surface area is 134 Å². The van der Waals surface area contributed by atoms with E-state index < -0.39 is 0 Å². The molecule has 2 aromatic carbocycles. The number of aryl methyl sites for hydroxylation is 1. The van der Waals surface area contributed by atoms with Gasteiger partial charge in [-0.05, 0) is 60.8 Å². The largest absolute Gasteiger partial charge is 0.306 e. The molecule has 0 fully saturated rings. The molecule has 0 aliphatic carbocycles. The van der Waals surface area contributed by atoms with E-state index >= 15 is 0 Å². The summed E-state index contributed by atoms with van der Waals surface area (Å²) in [5, 5.41) is 4.34. The van der Waals surface area contributed by atoms with Crippen LogP contribution in [0.15, 0.2) is 40.9 Å². The summed E-state index contributed by atoms with van der Waals surface area (Å²) in [6, 6.07) is 12.5. The highest BCUT2D eigenvalue weighted by Crippen LogP contribution is 2.32. The number of halogens is 2. The maximum absolute atomic E-state index is 6.41. The number of benzene rings is 2. The van der Waals surface area contributed by atoms with Crippen molar-refractivity contribution >= 4 is 27.5 Å². The molecule has 0 saturated carbocycles. The predicted molar refractivity (Wildman–Crippen MR) is 90.6 cm³/mol. The Kier molecular flexibility index (Phi) is 5.25. The Morgan fingerprint density at radius 1 is 1.15 bits per heavy atom. The van der Waals surface area contributed by atoms with Gasteiger partial charge in [0.2, 0.25) is 0 Å². The molecule has 1 nitrogen and oxygen atoms in total. The molecule has 1 N–H and O–H groups in total. The van der Waals surface area contributed by atoms with E-state index in [0.29, 0.717) is 0 Å². The van der Waals surface area contributed by atoms with Crippen LogP contribution in [0.3, 0.4) is 0 Å². The molecule has 2 rings (SSSR count). The van der Waals surface area contributed by atoms with Crippen molar-refractivity contribution in [2.45, 2.75) is 26.8 Å². The van der Waals surface area contributed by atoms with Crippen LogP contribution >= 0.6 is 27.5 Å². The van der Waals surface area contributed by atoms with Crippen molar-refractivity contribution in [3.63, 3.8) is 0 Å². The zero-order valence-electron chi connectivity index (χ0n) is 12.0. The van der Waals surface area contributed by atoms with Gasteiger partial charge in [0, 0.05) is 9.50 Å². The lowest BCUT2D eigenvalue weighted by Crippen LogP contribution is -2.23. The van der Waals surface area contributed by atoms with Crippen molar-refractivity contribution < 1.29 is 0 Å². The summed E-state index contributed by atoms with van der Waals surface area (Å²) in [5.41, 5.74) is 5.01. The Bertz CT molecular complexity index is 608. The summed E-state index contributed by atoms with van der Waals surface area (Å²) in [4.78, 5) is 0. The Balaban J connectivity index is 2.56. The molecule has 20 heavy (non-hydrogen) atoms. The van der Waals surface area contributed by atoms with Crippen LogP contribution in [0, 0.1) is 13.8 Å². The van der Waals surface area contributed by atoms with Crippen LogP contribution < -0.4 is 5.32 Å². The standard InChI is InChI=1S/C17H19BrClN/c1-4-20-17(14-7-5-6-11(2)12(14)3)15-10-13(18)8-9-16(15)19/h5-10,17,20H,4H2,1-3H3. The lowest BCUT2D eigenvalue weighted by molar-refractivity contribution is 0.627. The first kappa shape index (κ1) is 15.6. The second-order valence-corrected chi connectivity index (χ2v) is 6.27. The highest BCUT2D eigenvalue weighted by molar-refractivity contribution is 9.10. The first-order valence-corrected chi connectivity index (χ1v) is 7.96. The minimum absolute atomic E-state index is 0.116. The third-order valence-corrected chi connectivity index (χ3v) is 4.47. The highest BCUT2D eigenvalue weighted by atomic mass is 79.9. The van der Waals surface area contributed by atoms with Crippen LogP contribution in [0.4, 0.5) is 0 Å². The summed E-state index contributed by atoms with van der Waals surface area (Å²) in [6.07, 6.45) is 0. The lowest BCUT2D eigenvalue weighted by Gasteiger charge is -2.23. The fourth-order valence-electron chi connectivity index (χ4n) is 2.41. The van der Waals surface area contributed by atoms with E-state index in [1.165, 1.54) is 16.7 Å². The number of hydrogen-bond donors (Lipinski definition) is 1. The molecular weight excluding hydrogens is 334 g/mol. The van der Waals surface area contributed by atoms with Crippen molar-refractivity contribution in [3.05, 3.63) is 68.1 Å². The number of rotatable bonds is 4. The molecule has 0 bridgehead atoms. The molecule has 0 aliphatic rings. The van der Waals surface area contributed by atoms with E-state index in [1.807, 2.05) is 12.1 Å². The number of hydrogen-bond acceptors (Lipinski definition) is 1. The molecule has 106 valence electrons. The molecule has 3 heteroatoms. The smallest absolute Gasteiger partial charge is 0.0594 e. The van der Waals surface area contributed by atoms with Gasteiger partial charge in [-0.1, -0.05) is 52.7 Å². The van der Waals surface area contributed by atoms with Gasteiger partial charge in [-0.25, -0.2) is 0 Å². The van der Waals surface area contributed by atoms with Crippen LogP contribution in [-0.4, -0.2) is 6.54 Å². The highest BCUT2D eigenvalue weighted by Gasteiger charge is 2.18. The molecule has 0 aliphatic heterocycles. The normalized spacial score (nSPS) is 12.4. The summed E-state index contributed by atoms with van der Waals surface area (Å²) in [7, 11) is 0. The quantitative estimate of drug-likeness (QED) is 0.775. The van der Waals surface area contributed by atoms with Gasteiger partial charge in [-0.2, -0.15) is 0 Å². The van der Waals surface area contributed by atoms with Crippen LogP contribution in [0.1, 0.15) is 35.2 Å². The summed E-state index contributed by atoms with van der Waals surface area (Å²) < 4.78 is 1.05. The molecular formula is C17H19BrClN. The van der Waals surface area contributed by atoms with Gasteiger partial charge in [0.25, 0.3) is 0 Å². The molecule has 2 aromatic rings. The van der Waals surface area contributed by atoms with Gasteiger partial charge < -0.3 is 5.32 Å². The second kappa shape index (κ2) is 6.75.